The Morgan fingerprint density at radius 2 is 1.77 bits per heavy atom. The van der Waals surface area contributed by atoms with E-state index in [-0.39, 0.29) is 36.3 Å². The standard InChI is InChI=1S/C27H32FN3O3S/c28-23-9-5-4-8-22(23)27(17-25(33)31(26(27)34)21-6-2-1-3-7-21)16-24(32)30-13-11-29(12-14-30)18-20-10-15-35-19-20/h4-5,8-10,15,19,21H,1-3,6-7,11-14,16-18H2. The Balaban J connectivity index is 1.35. The van der Waals surface area contributed by atoms with E-state index in [0.29, 0.717) is 13.1 Å². The van der Waals surface area contributed by atoms with E-state index in [9.17, 15) is 14.4 Å². The molecule has 5 rings (SSSR count). The molecule has 3 fully saturated rings. The SMILES string of the molecule is O=C(CC1(c2ccccc2F)CC(=O)N(C2CCCCC2)C1=O)N1CCN(Cc2ccsc2)CC1. The average molecular weight is 498 g/mol. The zero-order valence-electron chi connectivity index (χ0n) is 20.0. The second-order valence-electron chi connectivity index (χ2n) is 10.1. The van der Waals surface area contributed by atoms with Gasteiger partial charge >= 0.3 is 0 Å². The number of likely N-dealkylation sites (tertiary alicyclic amines) is 1. The summed E-state index contributed by atoms with van der Waals surface area (Å²) >= 11 is 1.68. The topological polar surface area (TPSA) is 60.9 Å². The molecule has 1 atom stereocenters. The summed E-state index contributed by atoms with van der Waals surface area (Å²) in [7, 11) is 0. The molecule has 3 aliphatic rings. The first-order valence-corrected chi connectivity index (χ1v) is 13.5. The quantitative estimate of drug-likeness (QED) is 0.567. The van der Waals surface area contributed by atoms with E-state index >= 15 is 4.39 Å². The molecule has 3 heterocycles. The molecule has 1 aliphatic carbocycles. The fraction of sp³-hybridized carbons (Fsp3) is 0.519. The van der Waals surface area contributed by atoms with Gasteiger partial charge in [0.15, 0.2) is 0 Å². The lowest BCUT2D eigenvalue weighted by Gasteiger charge is -2.37. The molecule has 186 valence electrons. The van der Waals surface area contributed by atoms with Gasteiger partial charge < -0.3 is 4.90 Å². The highest BCUT2D eigenvalue weighted by Crippen LogP contribution is 2.43. The van der Waals surface area contributed by atoms with Gasteiger partial charge in [0.2, 0.25) is 17.7 Å². The Hall–Kier alpha value is -2.58. The normalized spacial score (nSPS) is 24.4. The molecule has 3 amide bonds. The van der Waals surface area contributed by atoms with Crippen LogP contribution in [0.3, 0.4) is 0 Å². The lowest BCUT2D eigenvalue weighted by molar-refractivity contribution is -0.145. The first kappa shape index (κ1) is 24.1. The van der Waals surface area contributed by atoms with Gasteiger partial charge in [0.05, 0.1) is 5.41 Å². The van der Waals surface area contributed by atoms with Gasteiger partial charge in [0, 0.05) is 57.2 Å². The highest BCUT2D eigenvalue weighted by atomic mass is 32.1. The van der Waals surface area contributed by atoms with Gasteiger partial charge in [0.25, 0.3) is 0 Å². The minimum absolute atomic E-state index is 0.145. The number of amides is 3. The molecule has 2 saturated heterocycles. The summed E-state index contributed by atoms with van der Waals surface area (Å²) in [5, 5.41) is 4.20. The third kappa shape index (κ3) is 4.78. The number of rotatable bonds is 6. The first-order chi connectivity index (χ1) is 17.0. The van der Waals surface area contributed by atoms with Crippen molar-refractivity contribution in [2.24, 2.45) is 0 Å². The lowest BCUT2D eigenvalue weighted by atomic mass is 9.75. The summed E-state index contributed by atoms with van der Waals surface area (Å²) in [5.74, 6) is -1.40. The molecule has 1 aromatic carbocycles. The number of nitrogens with zero attached hydrogens (tertiary/aromatic N) is 3. The van der Waals surface area contributed by atoms with E-state index in [1.807, 2.05) is 0 Å². The van der Waals surface area contributed by atoms with Crippen molar-refractivity contribution in [2.75, 3.05) is 26.2 Å². The Morgan fingerprint density at radius 1 is 1.03 bits per heavy atom. The van der Waals surface area contributed by atoms with Crippen LogP contribution in [0.15, 0.2) is 41.1 Å². The van der Waals surface area contributed by atoms with E-state index in [0.717, 1.165) is 51.7 Å². The van der Waals surface area contributed by atoms with Crippen LogP contribution in [0.25, 0.3) is 0 Å². The van der Waals surface area contributed by atoms with Gasteiger partial charge in [-0.25, -0.2) is 4.39 Å². The zero-order chi connectivity index (χ0) is 24.4. The molecule has 6 nitrogen and oxygen atoms in total. The third-order valence-corrected chi connectivity index (χ3v) is 8.58. The van der Waals surface area contributed by atoms with Crippen LogP contribution in [0.2, 0.25) is 0 Å². The fourth-order valence-corrected chi connectivity index (χ4v) is 6.59. The molecule has 8 heteroatoms. The van der Waals surface area contributed by atoms with Crippen molar-refractivity contribution < 1.29 is 18.8 Å². The minimum Gasteiger partial charge on any atom is -0.340 e. The number of carbonyl (C=O) groups excluding carboxylic acids is 3. The van der Waals surface area contributed by atoms with Crippen molar-refractivity contribution in [1.82, 2.24) is 14.7 Å². The number of thiophene rings is 1. The number of carbonyl (C=O) groups is 3. The van der Waals surface area contributed by atoms with Crippen molar-refractivity contribution in [1.29, 1.82) is 0 Å². The average Bonchev–Trinajstić information content (AvgIpc) is 3.46. The van der Waals surface area contributed by atoms with Crippen LogP contribution in [0.4, 0.5) is 4.39 Å². The van der Waals surface area contributed by atoms with Gasteiger partial charge in [-0.3, -0.25) is 24.2 Å². The molecular weight excluding hydrogens is 465 g/mol. The minimum atomic E-state index is -1.47. The smallest absolute Gasteiger partial charge is 0.241 e. The maximum atomic E-state index is 15.1. The zero-order valence-corrected chi connectivity index (χ0v) is 20.8. The number of hydrogen-bond acceptors (Lipinski definition) is 5. The molecule has 0 bridgehead atoms. The molecule has 1 saturated carbocycles. The van der Waals surface area contributed by atoms with Crippen LogP contribution in [0.1, 0.15) is 56.1 Å². The number of imide groups is 1. The van der Waals surface area contributed by atoms with E-state index in [1.165, 1.54) is 16.5 Å². The summed E-state index contributed by atoms with van der Waals surface area (Å²) in [6, 6.07) is 8.09. The summed E-state index contributed by atoms with van der Waals surface area (Å²) in [4.78, 5) is 46.1. The Kier molecular flexibility index (Phi) is 7.02. The van der Waals surface area contributed by atoms with Crippen molar-refractivity contribution in [2.45, 2.75) is 62.9 Å². The maximum absolute atomic E-state index is 15.1. The van der Waals surface area contributed by atoms with E-state index in [2.05, 4.69) is 21.7 Å². The van der Waals surface area contributed by atoms with E-state index in [4.69, 9.17) is 0 Å². The predicted molar refractivity (Wildman–Crippen MR) is 132 cm³/mol. The predicted octanol–water partition coefficient (Wildman–Crippen LogP) is 3.95. The number of hydrogen-bond donors (Lipinski definition) is 0. The molecule has 1 aromatic heterocycles. The Labute approximate surface area is 209 Å². The largest absolute Gasteiger partial charge is 0.340 e. The van der Waals surface area contributed by atoms with Crippen molar-refractivity contribution in [3.63, 3.8) is 0 Å². The molecule has 1 unspecified atom stereocenters. The molecule has 2 aliphatic heterocycles. The highest BCUT2D eigenvalue weighted by molar-refractivity contribution is 7.07. The van der Waals surface area contributed by atoms with Crippen molar-refractivity contribution in [3.8, 4) is 0 Å². The second kappa shape index (κ2) is 10.2. The van der Waals surface area contributed by atoms with E-state index < -0.39 is 17.1 Å². The van der Waals surface area contributed by atoms with Crippen LogP contribution < -0.4 is 0 Å². The molecular formula is C27H32FN3O3S. The summed E-state index contributed by atoms with van der Waals surface area (Å²) in [5.41, 5.74) is -0.0302. The van der Waals surface area contributed by atoms with Gasteiger partial charge in [0.1, 0.15) is 5.82 Å². The molecule has 0 spiro atoms. The lowest BCUT2D eigenvalue weighted by Crippen LogP contribution is -2.51. The summed E-state index contributed by atoms with van der Waals surface area (Å²) in [6.45, 7) is 3.47. The van der Waals surface area contributed by atoms with Gasteiger partial charge in [-0.05, 0) is 41.3 Å². The molecule has 2 aromatic rings. The second-order valence-corrected chi connectivity index (χ2v) is 10.8. The van der Waals surface area contributed by atoms with Crippen LogP contribution in [0.5, 0.6) is 0 Å². The van der Waals surface area contributed by atoms with Crippen LogP contribution in [0, 0.1) is 5.82 Å². The maximum Gasteiger partial charge on any atom is 0.241 e. The van der Waals surface area contributed by atoms with Crippen molar-refractivity contribution in [3.05, 3.63) is 58.0 Å². The van der Waals surface area contributed by atoms with E-state index in [1.54, 1.807) is 34.4 Å². The Morgan fingerprint density at radius 3 is 2.46 bits per heavy atom. The third-order valence-electron chi connectivity index (χ3n) is 7.84. The van der Waals surface area contributed by atoms with Gasteiger partial charge in [-0.15, -0.1) is 0 Å². The first-order valence-electron chi connectivity index (χ1n) is 12.6. The number of benzene rings is 1. The van der Waals surface area contributed by atoms with Crippen LogP contribution in [-0.4, -0.2) is 64.6 Å². The fourth-order valence-electron chi connectivity index (χ4n) is 5.93. The molecule has 0 radical (unpaired) electrons. The highest BCUT2D eigenvalue weighted by Gasteiger charge is 2.56. The summed E-state index contributed by atoms with van der Waals surface area (Å²) < 4.78 is 15.1. The number of halogens is 1. The molecule has 0 N–H and O–H groups in total. The van der Waals surface area contributed by atoms with Crippen LogP contribution in [-0.2, 0) is 26.3 Å². The van der Waals surface area contributed by atoms with Gasteiger partial charge in [-0.2, -0.15) is 11.3 Å². The monoisotopic (exact) mass is 497 g/mol. The van der Waals surface area contributed by atoms with Crippen molar-refractivity contribution >= 4 is 29.1 Å². The van der Waals surface area contributed by atoms with Crippen LogP contribution >= 0.6 is 11.3 Å². The van der Waals surface area contributed by atoms with Gasteiger partial charge in [-0.1, -0.05) is 37.5 Å². The Bertz CT molecular complexity index is 1080. The summed E-state index contributed by atoms with van der Waals surface area (Å²) in [6.07, 6.45) is 4.29. The number of piperazine rings is 1. The molecule has 35 heavy (non-hydrogen) atoms.